The number of hydrogen-bond acceptors (Lipinski definition) is 3. The van der Waals surface area contributed by atoms with Gasteiger partial charge in [0, 0.05) is 19.5 Å². The molecule has 0 saturated carbocycles. The van der Waals surface area contributed by atoms with Gasteiger partial charge in [-0.05, 0) is 12.3 Å². The Morgan fingerprint density at radius 3 is 2.52 bits per heavy atom. The number of carbonyl (C=O) groups excluding carboxylic acids is 1. The number of carbonyl (C=O) groups is 2. The minimum absolute atomic E-state index is 0.0944. The molecule has 122 valence electrons. The Kier molecular flexibility index (Phi) is 7.50. The molecule has 1 aliphatic heterocycles. The van der Waals surface area contributed by atoms with E-state index < -0.39 is 18.1 Å². The molecule has 1 aliphatic rings. The first kappa shape index (κ1) is 17.8. The van der Waals surface area contributed by atoms with Crippen LogP contribution in [0.3, 0.4) is 0 Å². The van der Waals surface area contributed by atoms with E-state index in [2.05, 4.69) is 19.2 Å². The van der Waals surface area contributed by atoms with Gasteiger partial charge in [-0.3, -0.25) is 0 Å². The highest BCUT2D eigenvalue weighted by Gasteiger charge is 2.38. The van der Waals surface area contributed by atoms with Crippen molar-refractivity contribution < 1.29 is 19.8 Å². The standard InChI is InChI=1S/C15H28N2O4/c1-11(2)7-5-3-4-6-8-16-15(21)17-10-12(18)9-13(17)14(19)20/h11-13,18H,3-10H2,1-2H3,(H,16,21)(H,19,20)/t12-,13-/m0/s1. The van der Waals surface area contributed by atoms with E-state index >= 15 is 0 Å². The normalized spacial score (nSPS) is 21.8. The van der Waals surface area contributed by atoms with Crippen LogP contribution in [0.25, 0.3) is 0 Å². The lowest BCUT2D eigenvalue weighted by Gasteiger charge is -2.21. The zero-order valence-electron chi connectivity index (χ0n) is 13.0. The second kappa shape index (κ2) is 8.87. The van der Waals surface area contributed by atoms with Crippen molar-refractivity contribution in [3.63, 3.8) is 0 Å². The molecule has 0 spiro atoms. The van der Waals surface area contributed by atoms with Gasteiger partial charge in [0.2, 0.25) is 0 Å². The molecule has 0 aliphatic carbocycles. The van der Waals surface area contributed by atoms with Crippen LogP contribution in [0, 0.1) is 5.92 Å². The molecular weight excluding hydrogens is 272 g/mol. The first-order valence-corrected chi connectivity index (χ1v) is 7.87. The van der Waals surface area contributed by atoms with Crippen molar-refractivity contribution in [2.45, 2.75) is 64.5 Å². The Hall–Kier alpha value is -1.30. The molecule has 1 rings (SSSR count). The number of aliphatic carboxylic acids is 1. The Labute approximate surface area is 126 Å². The smallest absolute Gasteiger partial charge is 0.326 e. The van der Waals surface area contributed by atoms with Crippen LogP contribution in [-0.4, -0.2) is 52.3 Å². The molecule has 21 heavy (non-hydrogen) atoms. The molecule has 1 saturated heterocycles. The highest BCUT2D eigenvalue weighted by atomic mass is 16.4. The lowest BCUT2D eigenvalue weighted by atomic mass is 10.0. The number of hydrogen-bond donors (Lipinski definition) is 3. The van der Waals surface area contributed by atoms with Gasteiger partial charge in [0.15, 0.2) is 0 Å². The summed E-state index contributed by atoms with van der Waals surface area (Å²) < 4.78 is 0. The fourth-order valence-corrected chi connectivity index (χ4v) is 2.60. The first-order chi connectivity index (χ1) is 9.91. The van der Waals surface area contributed by atoms with Crippen LogP contribution in [0.2, 0.25) is 0 Å². The largest absolute Gasteiger partial charge is 0.480 e. The Bertz CT molecular complexity index is 347. The van der Waals surface area contributed by atoms with Crippen molar-refractivity contribution in [3.8, 4) is 0 Å². The maximum atomic E-state index is 11.9. The van der Waals surface area contributed by atoms with Crippen molar-refractivity contribution in [2.24, 2.45) is 5.92 Å². The average molecular weight is 300 g/mol. The van der Waals surface area contributed by atoms with E-state index in [-0.39, 0.29) is 19.0 Å². The number of rotatable bonds is 8. The summed E-state index contributed by atoms with van der Waals surface area (Å²) in [5.74, 6) is -0.324. The van der Waals surface area contributed by atoms with Gasteiger partial charge in [0.05, 0.1) is 6.10 Å². The predicted octanol–water partition coefficient (Wildman–Crippen LogP) is 1.82. The van der Waals surface area contributed by atoms with Crippen LogP contribution in [0.1, 0.15) is 52.4 Å². The molecule has 6 heteroatoms. The molecule has 6 nitrogen and oxygen atoms in total. The van der Waals surface area contributed by atoms with Crippen molar-refractivity contribution in [1.29, 1.82) is 0 Å². The number of β-amino-alcohol motifs (C(OH)–C–C–N with tert-alkyl or cyclic N) is 1. The molecule has 1 fully saturated rings. The van der Waals surface area contributed by atoms with Gasteiger partial charge < -0.3 is 20.4 Å². The van der Waals surface area contributed by atoms with E-state index in [4.69, 9.17) is 5.11 Å². The van der Waals surface area contributed by atoms with Crippen LogP contribution in [0.15, 0.2) is 0 Å². The molecular formula is C15H28N2O4. The molecule has 1 heterocycles. The van der Waals surface area contributed by atoms with Crippen LogP contribution < -0.4 is 5.32 Å². The SMILES string of the molecule is CC(C)CCCCCCNC(=O)N1C[C@@H](O)C[C@H]1C(=O)O. The van der Waals surface area contributed by atoms with Crippen LogP contribution >= 0.6 is 0 Å². The summed E-state index contributed by atoms with van der Waals surface area (Å²) in [6.07, 6.45) is 4.94. The Balaban J connectivity index is 2.17. The molecule has 2 amide bonds. The van der Waals surface area contributed by atoms with Gasteiger partial charge >= 0.3 is 12.0 Å². The van der Waals surface area contributed by atoms with E-state index in [0.29, 0.717) is 6.54 Å². The fraction of sp³-hybridized carbons (Fsp3) is 0.867. The van der Waals surface area contributed by atoms with Gasteiger partial charge in [-0.25, -0.2) is 9.59 Å². The number of unbranched alkanes of at least 4 members (excludes halogenated alkanes) is 3. The number of carboxylic acid groups (broad SMARTS) is 1. The molecule has 0 aromatic rings. The highest BCUT2D eigenvalue weighted by Crippen LogP contribution is 2.18. The fourth-order valence-electron chi connectivity index (χ4n) is 2.60. The van der Waals surface area contributed by atoms with Gasteiger partial charge in [0.1, 0.15) is 6.04 Å². The molecule has 0 aromatic heterocycles. The quantitative estimate of drug-likeness (QED) is 0.596. The third-order valence-corrected chi connectivity index (χ3v) is 3.81. The maximum absolute atomic E-state index is 11.9. The zero-order valence-corrected chi connectivity index (χ0v) is 13.0. The van der Waals surface area contributed by atoms with E-state index in [1.54, 1.807) is 0 Å². The van der Waals surface area contributed by atoms with Crippen LogP contribution in [0.4, 0.5) is 4.79 Å². The van der Waals surface area contributed by atoms with E-state index in [0.717, 1.165) is 25.2 Å². The van der Waals surface area contributed by atoms with Crippen molar-refractivity contribution in [1.82, 2.24) is 10.2 Å². The highest BCUT2D eigenvalue weighted by molar-refractivity contribution is 5.83. The van der Waals surface area contributed by atoms with Gasteiger partial charge in [-0.2, -0.15) is 0 Å². The van der Waals surface area contributed by atoms with E-state index in [9.17, 15) is 14.7 Å². The number of urea groups is 1. The summed E-state index contributed by atoms with van der Waals surface area (Å²) in [6.45, 7) is 5.07. The first-order valence-electron chi connectivity index (χ1n) is 7.87. The molecule has 0 unspecified atom stereocenters. The summed E-state index contributed by atoms with van der Waals surface area (Å²) in [6, 6.07) is -1.30. The summed E-state index contributed by atoms with van der Waals surface area (Å²) in [5, 5.41) is 21.3. The van der Waals surface area contributed by atoms with Crippen molar-refractivity contribution in [2.75, 3.05) is 13.1 Å². The number of likely N-dealkylation sites (tertiary alicyclic amines) is 1. The van der Waals surface area contributed by atoms with Crippen LogP contribution in [0.5, 0.6) is 0 Å². The van der Waals surface area contributed by atoms with Gasteiger partial charge in [-0.15, -0.1) is 0 Å². The summed E-state index contributed by atoms with van der Waals surface area (Å²) in [7, 11) is 0. The van der Waals surface area contributed by atoms with Gasteiger partial charge in [0.25, 0.3) is 0 Å². The molecule has 0 aromatic carbocycles. The van der Waals surface area contributed by atoms with Gasteiger partial charge in [-0.1, -0.05) is 39.5 Å². The monoisotopic (exact) mass is 300 g/mol. The Morgan fingerprint density at radius 2 is 1.90 bits per heavy atom. The average Bonchev–Trinajstić information content (AvgIpc) is 2.79. The topological polar surface area (TPSA) is 89.9 Å². The number of nitrogens with one attached hydrogen (secondary N) is 1. The summed E-state index contributed by atoms with van der Waals surface area (Å²) in [4.78, 5) is 24.2. The summed E-state index contributed by atoms with van der Waals surface area (Å²) in [5.41, 5.74) is 0. The van der Waals surface area contributed by atoms with Crippen molar-refractivity contribution >= 4 is 12.0 Å². The van der Waals surface area contributed by atoms with Crippen LogP contribution in [-0.2, 0) is 4.79 Å². The minimum atomic E-state index is -1.06. The molecule has 0 bridgehead atoms. The number of aliphatic hydroxyl groups is 1. The zero-order chi connectivity index (χ0) is 15.8. The third kappa shape index (κ3) is 6.33. The summed E-state index contributed by atoms with van der Waals surface area (Å²) >= 11 is 0. The second-order valence-electron chi connectivity index (χ2n) is 6.22. The second-order valence-corrected chi connectivity index (χ2v) is 6.22. The number of amides is 2. The number of aliphatic hydroxyl groups excluding tert-OH is 1. The molecule has 2 atom stereocenters. The van der Waals surface area contributed by atoms with Crippen molar-refractivity contribution in [3.05, 3.63) is 0 Å². The number of nitrogens with zero attached hydrogens (tertiary/aromatic N) is 1. The van der Waals surface area contributed by atoms with E-state index in [1.165, 1.54) is 17.7 Å². The number of carboxylic acids is 1. The third-order valence-electron chi connectivity index (χ3n) is 3.81. The predicted molar refractivity (Wildman–Crippen MR) is 80.1 cm³/mol. The lowest BCUT2D eigenvalue weighted by molar-refractivity contribution is -0.141. The Morgan fingerprint density at radius 1 is 1.24 bits per heavy atom. The minimum Gasteiger partial charge on any atom is -0.480 e. The molecule has 3 N–H and O–H groups in total. The van der Waals surface area contributed by atoms with E-state index in [1.807, 2.05) is 0 Å². The maximum Gasteiger partial charge on any atom is 0.326 e. The molecule has 0 radical (unpaired) electrons. The lowest BCUT2D eigenvalue weighted by Crippen LogP contribution is -2.46.